The first-order chi connectivity index (χ1) is 11.4. The molecular formula is C19H27ClN4. The largest absolute Gasteiger partial charge is 0.314 e. The Morgan fingerprint density at radius 2 is 1.83 bits per heavy atom. The Morgan fingerprint density at radius 1 is 1.04 bits per heavy atom. The smallest absolute Gasteiger partial charge is 0.0649 e. The van der Waals surface area contributed by atoms with Crippen molar-refractivity contribution in [3.63, 3.8) is 0 Å². The van der Waals surface area contributed by atoms with Crippen molar-refractivity contribution in [3.8, 4) is 5.69 Å². The maximum atomic E-state index is 4.51. The highest BCUT2D eigenvalue weighted by Gasteiger charge is 2.28. The first-order valence-corrected chi connectivity index (χ1v) is 8.94. The molecule has 0 spiro atoms. The number of nitrogens with zero attached hydrogens (tertiary/aromatic N) is 3. The summed E-state index contributed by atoms with van der Waals surface area (Å²) in [6, 6.07) is 13.4. The molecule has 4 nitrogen and oxygen atoms in total. The van der Waals surface area contributed by atoms with Gasteiger partial charge in [-0.3, -0.25) is 4.90 Å². The number of rotatable bonds is 4. The third-order valence-corrected chi connectivity index (χ3v) is 5.41. The molecule has 5 heteroatoms. The van der Waals surface area contributed by atoms with Crippen molar-refractivity contribution >= 4 is 12.4 Å². The summed E-state index contributed by atoms with van der Waals surface area (Å²) < 4.78 is 2.07. The van der Waals surface area contributed by atoms with E-state index in [0.29, 0.717) is 0 Å². The molecule has 0 radical (unpaired) electrons. The van der Waals surface area contributed by atoms with Gasteiger partial charge in [-0.05, 0) is 69.4 Å². The molecule has 0 aliphatic carbocycles. The molecule has 1 N–H and O–H groups in total. The van der Waals surface area contributed by atoms with Crippen LogP contribution in [0.1, 0.15) is 31.4 Å². The summed E-state index contributed by atoms with van der Waals surface area (Å²) in [5.41, 5.74) is 2.44. The van der Waals surface area contributed by atoms with E-state index in [1.807, 2.05) is 6.20 Å². The lowest BCUT2D eigenvalue weighted by molar-refractivity contribution is 0.155. The Hall–Kier alpha value is -1.36. The molecule has 0 amide bonds. The van der Waals surface area contributed by atoms with Gasteiger partial charge in [-0.1, -0.05) is 18.2 Å². The van der Waals surface area contributed by atoms with Crippen molar-refractivity contribution in [2.75, 3.05) is 19.6 Å². The van der Waals surface area contributed by atoms with E-state index in [1.54, 1.807) is 0 Å². The molecule has 2 aliphatic heterocycles. The van der Waals surface area contributed by atoms with Crippen LogP contribution in [0.25, 0.3) is 5.69 Å². The minimum absolute atomic E-state index is 0. The molecule has 1 aromatic heterocycles. The summed E-state index contributed by atoms with van der Waals surface area (Å²) in [6.45, 7) is 4.65. The monoisotopic (exact) mass is 346 g/mol. The molecule has 130 valence electrons. The number of nitrogens with one attached hydrogen (secondary N) is 1. The molecule has 3 heterocycles. The third-order valence-electron chi connectivity index (χ3n) is 5.41. The van der Waals surface area contributed by atoms with Gasteiger partial charge < -0.3 is 5.32 Å². The molecular weight excluding hydrogens is 320 g/mol. The normalized spacial score (nSPS) is 22.4. The number of likely N-dealkylation sites (tertiary alicyclic amines) is 1. The number of para-hydroxylation sites is 1. The number of aromatic nitrogens is 2. The van der Waals surface area contributed by atoms with Gasteiger partial charge in [0.2, 0.25) is 0 Å². The summed E-state index contributed by atoms with van der Waals surface area (Å²) in [4.78, 5) is 2.59. The molecule has 2 aliphatic rings. The van der Waals surface area contributed by atoms with Gasteiger partial charge in [-0.2, -0.15) is 5.10 Å². The number of hydrogen-bond donors (Lipinski definition) is 1. The highest BCUT2D eigenvalue weighted by atomic mass is 35.5. The van der Waals surface area contributed by atoms with Crippen molar-refractivity contribution in [2.24, 2.45) is 5.92 Å². The lowest BCUT2D eigenvalue weighted by atomic mass is 9.88. The summed E-state index contributed by atoms with van der Waals surface area (Å²) in [5.74, 6) is 0.882. The van der Waals surface area contributed by atoms with E-state index < -0.39 is 0 Å². The Bertz CT molecular complexity index is 613. The SMILES string of the molecule is Cl.c1ccc(-n2nccc2CN2CCC(C3CCCN3)CC2)cc1. The average molecular weight is 347 g/mol. The molecule has 2 fully saturated rings. The zero-order chi connectivity index (χ0) is 15.5. The lowest BCUT2D eigenvalue weighted by Gasteiger charge is -2.34. The zero-order valence-electron chi connectivity index (χ0n) is 14.1. The second kappa shape index (κ2) is 8.15. The average Bonchev–Trinajstić information content (AvgIpc) is 3.28. The zero-order valence-corrected chi connectivity index (χ0v) is 14.9. The van der Waals surface area contributed by atoms with Crippen LogP contribution in [0.2, 0.25) is 0 Å². The van der Waals surface area contributed by atoms with Crippen LogP contribution in [0.3, 0.4) is 0 Å². The molecule has 0 bridgehead atoms. The highest BCUT2D eigenvalue weighted by Crippen LogP contribution is 2.26. The molecule has 1 aromatic carbocycles. The standard InChI is InChI=1S/C19H26N4.ClH/c1-2-5-17(6-3-1)23-18(8-12-21-23)15-22-13-9-16(10-14-22)19-7-4-11-20-19;/h1-3,5-6,8,12,16,19-20H,4,7,9-11,13-15H2;1H. The van der Waals surface area contributed by atoms with E-state index in [-0.39, 0.29) is 12.4 Å². The van der Waals surface area contributed by atoms with Crippen LogP contribution in [0.5, 0.6) is 0 Å². The molecule has 24 heavy (non-hydrogen) atoms. The fourth-order valence-corrected chi connectivity index (χ4v) is 4.11. The molecule has 2 aromatic rings. The lowest BCUT2D eigenvalue weighted by Crippen LogP contribution is -2.40. The maximum Gasteiger partial charge on any atom is 0.0649 e. The van der Waals surface area contributed by atoms with Gasteiger partial charge in [0.15, 0.2) is 0 Å². The van der Waals surface area contributed by atoms with Crippen LogP contribution in [0, 0.1) is 5.92 Å². The van der Waals surface area contributed by atoms with E-state index in [2.05, 4.69) is 56.4 Å². The van der Waals surface area contributed by atoms with Crippen molar-refractivity contribution in [1.82, 2.24) is 20.0 Å². The predicted octanol–water partition coefficient (Wildman–Crippen LogP) is 3.26. The van der Waals surface area contributed by atoms with Crippen molar-refractivity contribution in [2.45, 2.75) is 38.3 Å². The number of benzene rings is 1. The molecule has 1 atom stereocenters. The van der Waals surface area contributed by atoms with Gasteiger partial charge in [0.05, 0.1) is 11.4 Å². The second-order valence-corrected chi connectivity index (χ2v) is 6.89. The van der Waals surface area contributed by atoms with E-state index in [1.165, 1.54) is 51.0 Å². The van der Waals surface area contributed by atoms with Crippen LogP contribution in [0.4, 0.5) is 0 Å². The molecule has 2 saturated heterocycles. The minimum atomic E-state index is 0. The molecule has 4 rings (SSSR count). The van der Waals surface area contributed by atoms with Crippen molar-refractivity contribution < 1.29 is 0 Å². The van der Waals surface area contributed by atoms with Crippen molar-refractivity contribution in [3.05, 3.63) is 48.3 Å². The number of halogens is 1. The van der Waals surface area contributed by atoms with Gasteiger partial charge in [0, 0.05) is 18.8 Å². The first kappa shape index (κ1) is 17.5. The third kappa shape index (κ3) is 3.82. The van der Waals surface area contributed by atoms with E-state index >= 15 is 0 Å². The summed E-state index contributed by atoms with van der Waals surface area (Å²) in [5, 5.41) is 8.19. The Morgan fingerprint density at radius 3 is 2.54 bits per heavy atom. The fourth-order valence-electron chi connectivity index (χ4n) is 4.11. The van der Waals surface area contributed by atoms with E-state index in [4.69, 9.17) is 0 Å². The molecule has 0 saturated carbocycles. The number of hydrogen-bond acceptors (Lipinski definition) is 3. The van der Waals surface area contributed by atoms with Crippen LogP contribution in [-0.4, -0.2) is 40.4 Å². The molecule has 1 unspecified atom stereocenters. The van der Waals surface area contributed by atoms with Crippen LogP contribution in [0.15, 0.2) is 42.6 Å². The van der Waals surface area contributed by atoms with Gasteiger partial charge in [0.25, 0.3) is 0 Å². The van der Waals surface area contributed by atoms with E-state index in [0.717, 1.165) is 24.2 Å². The Kier molecular flexibility index (Phi) is 5.93. The minimum Gasteiger partial charge on any atom is -0.314 e. The highest BCUT2D eigenvalue weighted by molar-refractivity contribution is 5.85. The van der Waals surface area contributed by atoms with Gasteiger partial charge in [-0.25, -0.2) is 4.68 Å². The van der Waals surface area contributed by atoms with E-state index in [9.17, 15) is 0 Å². The fraction of sp³-hybridized carbons (Fsp3) is 0.526. The summed E-state index contributed by atoms with van der Waals surface area (Å²) >= 11 is 0. The Balaban J connectivity index is 0.00000169. The summed E-state index contributed by atoms with van der Waals surface area (Å²) in [7, 11) is 0. The van der Waals surface area contributed by atoms with Crippen LogP contribution in [-0.2, 0) is 6.54 Å². The predicted molar refractivity (Wildman–Crippen MR) is 99.8 cm³/mol. The number of piperidine rings is 1. The second-order valence-electron chi connectivity index (χ2n) is 6.89. The Labute approximate surface area is 150 Å². The van der Waals surface area contributed by atoms with Gasteiger partial charge in [0.1, 0.15) is 0 Å². The topological polar surface area (TPSA) is 33.1 Å². The first-order valence-electron chi connectivity index (χ1n) is 8.94. The quantitative estimate of drug-likeness (QED) is 0.922. The van der Waals surface area contributed by atoms with Crippen LogP contribution < -0.4 is 5.32 Å². The maximum absolute atomic E-state index is 4.51. The van der Waals surface area contributed by atoms with Gasteiger partial charge >= 0.3 is 0 Å². The van der Waals surface area contributed by atoms with Gasteiger partial charge in [-0.15, -0.1) is 12.4 Å². The summed E-state index contributed by atoms with van der Waals surface area (Å²) in [6.07, 6.45) is 7.32. The van der Waals surface area contributed by atoms with Crippen LogP contribution >= 0.6 is 12.4 Å². The van der Waals surface area contributed by atoms with Crippen molar-refractivity contribution in [1.29, 1.82) is 0 Å².